The molecule has 0 aliphatic rings. The fourth-order valence-corrected chi connectivity index (χ4v) is 5.66. The number of nitrogens with one attached hydrogen (secondary N) is 1. The molecule has 32 heavy (non-hydrogen) atoms. The maximum absolute atomic E-state index is 14.2. The Morgan fingerprint density at radius 1 is 1.25 bits per heavy atom. The van der Waals surface area contributed by atoms with Crippen LogP contribution < -0.4 is 65.5 Å². The second-order valence-electron chi connectivity index (χ2n) is 6.11. The van der Waals surface area contributed by atoms with Gasteiger partial charge in [-0.05, 0) is 49.4 Å². The molecule has 3 aromatic rings. The Hall–Kier alpha value is -0.634. The second kappa shape index (κ2) is 11.2. The van der Waals surface area contributed by atoms with Crippen LogP contribution in [0.5, 0.6) is 5.75 Å². The molecule has 1 atom stereocenters. The molecule has 0 radical (unpaired) electrons. The largest absolute Gasteiger partial charge is 1.00 e. The van der Waals surface area contributed by atoms with E-state index in [9.17, 15) is 22.3 Å². The van der Waals surface area contributed by atoms with E-state index in [2.05, 4.69) is 9.51 Å². The van der Waals surface area contributed by atoms with E-state index < -0.39 is 23.6 Å². The quantitative estimate of drug-likeness (QED) is 0.326. The van der Waals surface area contributed by atoms with Gasteiger partial charge in [0.05, 0.1) is 24.3 Å². The second-order valence-corrected chi connectivity index (χ2v) is 9.93. The van der Waals surface area contributed by atoms with Crippen molar-refractivity contribution >= 4 is 29.4 Å². The van der Waals surface area contributed by atoms with Gasteiger partial charge >= 0.3 is 51.4 Å². The Labute approximate surface area is 232 Å². The predicted molar refractivity (Wildman–Crippen MR) is 110 cm³/mol. The number of imidazole rings is 1. The SMILES string of the molecule is CCOP(=O)([O-])NS(=O)(=O)c1ccc(-n2cnc(Cl)c2-c2ccc(OC)c(F)c2)cc1.[K+]. The number of sulfonamides is 1. The molecular formula is C18H17ClFKN3O6PS. The molecule has 2 aromatic carbocycles. The van der Waals surface area contributed by atoms with Crippen LogP contribution >= 0.6 is 19.3 Å². The maximum Gasteiger partial charge on any atom is 1.00 e. The molecule has 166 valence electrons. The van der Waals surface area contributed by atoms with Crippen molar-refractivity contribution in [1.82, 2.24) is 14.0 Å². The van der Waals surface area contributed by atoms with Crippen LogP contribution in [0, 0.1) is 5.82 Å². The molecule has 0 saturated carbocycles. The van der Waals surface area contributed by atoms with Crippen molar-refractivity contribution < 1.29 is 82.9 Å². The van der Waals surface area contributed by atoms with Crippen LogP contribution in [0.15, 0.2) is 53.7 Å². The van der Waals surface area contributed by atoms with Gasteiger partial charge in [0.1, 0.15) is 6.33 Å². The summed E-state index contributed by atoms with van der Waals surface area (Å²) >= 11 is 6.19. The minimum atomic E-state index is -4.77. The minimum Gasteiger partial charge on any atom is -0.766 e. The Morgan fingerprint density at radius 3 is 2.47 bits per heavy atom. The number of rotatable bonds is 8. The average Bonchev–Trinajstić information content (AvgIpc) is 3.08. The molecule has 0 bridgehead atoms. The minimum absolute atomic E-state index is 0. The van der Waals surface area contributed by atoms with Gasteiger partial charge in [-0.3, -0.25) is 9.13 Å². The van der Waals surface area contributed by atoms with Gasteiger partial charge < -0.3 is 14.2 Å². The zero-order valence-corrected chi connectivity index (χ0v) is 22.9. The van der Waals surface area contributed by atoms with E-state index in [1.165, 1.54) is 65.8 Å². The number of benzene rings is 2. The zero-order valence-electron chi connectivity index (χ0n) is 17.3. The first-order valence-electron chi connectivity index (χ1n) is 8.75. The molecule has 0 aliphatic carbocycles. The standard InChI is InChI=1S/C18H18ClFN3O6PS.K/c1-3-29-30(24,25)22-31(26,27)14-7-5-13(6-8-14)23-11-21-18(19)17(23)12-4-9-16(28-2)15(20)10-12;/h4-11H,3H2,1-2H3,(H2,22,24,25);/q;+1/p-1. The molecule has 14 heteroatoms. The molecule has 0 amide bonds. The fourth-order valence-electron chi connectivity index (χ4n) is 2.78. The number of halogens is 2. The Bertz CT molecular complexity index is 1260. The fraction of sp³-hybridized carbons (Fsp3) is 0.167. The summed E-state index contributed by atoms with van der Waals surface area (Å²) in [6.45, 7) is 1.20. The summed E-state index contributed by atoms with van der Waals surface area (Å²) in [5.41, 5.74) is 1.25. The number of nitrogens with zero attached hydrogens (tertiary/aromatic N) is 2. The van der Waals surface area contributed by atoms with E-state index in [1.54, 1.807) is 6.07 Å². The van der Waals surface area contributed by atoms with Crippen molar-refractivity contribution in [3.05, 3.63) is 59.8 Å². The van der Waals surface area contributed by atoms with Crippen LogP contribution in [0.4, 0.5) is 4.39 Å². The molecule has 0 fully saturated rings. The van der Waals surface area contributed by atoms with E-state index >= 15 is 0 Å². The third kappa shape index (κ3) is 6.27. The molecule has 0 aliphatic heterocycles. The van der Waals surface area contributed by atoms with Gasteiger partial charge in [-0.1, -0.05) is 11.6 Å². The molecule has 3 rings (SSSR count). The van der Waals surface area contributed by atoms with Gasteiger partial charge in [0.2, 0.25) is 17.8 Å². The average molecular weight is 528 g/mol. The van der Waals surface area contributed by atoms with Crippen molar-refractivity contribution in [1.29, 1.82) is 0 Å². The molecule has 0 saturated heterocycles. The Balaban J connectivity index is 0.00000363. The molecule has 1 aromatic heterocycles. The summed E-state index contributed by atoms with van der Waals surface area (Å²) in [7, 11) is -7.80. The smallest absolute Gasteiger partial charge is 0.766 e. The van der Waals surface area contributed by atoms with Crippen LogP contribution in [-0.2, 0) is 19.1 Å². The number of hydrogen-bond donors (Lipinski definition) is 1. The van der Waals surface area contributed by atoms with Crippen LogP contribution in [0.25, 0.3) is 16.9 Å². The number of ether oxygens (including phenoxy) is 1. The first-order chi connectivity index (χ1) is 14.6. The van der Waals surface area contributed by atoms with Gasteiger partial charge in [-0.15, -0.1) is 4.49 Å². The molecular weight excluding hydrogens is 511 g/mol. The van der Waals surface area contributed by atoms with Crippen molar-refractivity contribution in [2.24, 2.45) is 0 Å². The Morgan fingerprint density at radius 2 is 1.91 bits per heavy atom. The summed E-state index contributed by atoms with van der Waals surface area (Å²) in [5.74, 6) is -0.525. The van der Waals surface area contributed by atoms with Gasteiger partial charge in [0.25, 0.3) is 0 Å². The zero-order chi connectivity index (χ0) is 22.8. The van der Waals surface area contributed by atoms with E-state index in [1.807, 2.05) is 0 Å². The van der Waals surface area contributed by atoms with Crippen LogP contribution in [-0.4, -0.2) is 31.7 Å². The van der Waals surface area contributed by atoms with E-state index in [-0.39, 0.29) is 73.8 Å². The van der Waals surface area contributed by atoms with Gasteiger partial charge in [-0.25, -0.2) is 17.8 Å². The third-order valence-electron chi connectivity index (χ3n) is 4.10. The topological polar surface area (TPSA) is 123 Å². The van der Waals surface area contributed by atoms with Crippen molar-refractivity contribution in [3.8, 4) is 22.7 Å². The van der Waals surface area contributed by atoms with E-state index in [4.69, 9.17) is 16.3 Å². The molecule has 1 heterocycles. The first-order valence-corrected chi connectivity index (χ1v) is 12.1. The normalized spacial score (nSPS) is 13.3. The summed E-state index contributed by atoms with van der Waals surface area (Å²) in [5, 5.41) is 0.104. The summed E-state index contributed by atoms with van der Waals surface area (Å²) in [4.78, 5) is 15.4. The van der Waals surface area contributed by atoms with Crippen molar-refractivity contribution in [2.45, 2.75) is 11.8 Å². The van der Waals surface area contributed by atoms with Crippen LogP contribution in [0.2, 0.25) is 5.15 Å². The van der Waals surface area contributed by atoms with E-state index in [0.717, 1.165) is 0 Å². The van der Waals surface area contributed by atoms with Crippen LogP contribution in [0.1, 0.15) is 6.92 Å². The molecule has 9 nitrogen and oxygen atoms in total. The number of aromatic nitrogens is 2. The predicted octanol–water partition coefficient (Wildman–Crippen LogP) is 0.128. The van der Waals surface area contributed by atoms with Gasteiger partial charge in [0.15, 0.2) is 16.7 Å². The summed E-state index contributed by atoms with van der Waals surface area (Å²) in [6.07, 6.45) is 1.39. The van der Waals surface area contributed by atoms with Gasteiger partial charge in [-0.2, -0.15) is 0 Å². The Kier molecular flexibility index (Phi) is 9.66. The van der Waals surface area contributed by atoms with Crippen molar-refractivity contribution in [2.75, 3.05) is 13.7 Å². The summed E-state index contributed by atoms with van der Waals surface area (Å²) in [6, 6.07) is 9.54. The van der Waals surface area contributed by atoms with Gasteiger partial charge in [0, 0.05) is 11.3 Å². The molecule has 1 unspecified atom stereocenters. The third-order valence-corrected chi connectivity index (χ3v) is 7.73. The monoisotopic (exact) mass is 527 g/mol. The molecule has 0 spiro atoms. The molecule has 1 N–H and O–H groups in total. The maximum atomic E-state index is 14.2. The van der Waals surface area contributed by atoms with E-state index in [0.29, 0.717) is 16.9 Å². The summed E-state index contributed by atoms with van der Waals surface area (Å²) < 4.78 is 62.8. The number of hydrogen-bond acceptors (Lipinski definition) is 7. The van der Waals surface area contributed by atoms with Crippen molar-refractivity contribution in [3.63, 3.8) is 0 Å². The van der Waals surface area contributed by atoms with Crippen LogP contribution in [0.3, 0.4) is 0 Å². The number of methoxy groups -OCH3 is 1. The first kappa shape index (κ1) is 27.6.